The molecule has 0 radical (unpaired) electrons. The van der Waals surface area contributed by atoms with Crippen LogP contribution >= 0.6 is 0 Å². The van der Waals surface area contributed by atoms with Gasteiger partial charge in [0.25, 0.3) is 0 Å². The van der Waals surface area contributed by atoms with Crippen molar-refractivity contribution in [2.75, 3.05) is 78.5 Å². The van der Waals surface area contributed by atoms with Gasteiger partial charge in [0, 0.05) is 78.1 Å². The number of phenols is 3. The Morgan fingerprint density at radius 1 is 0.426 bits per heavy atom. The van der Waals surface area contributed by atoms with Gasteiger partial charge in [-0.25, -0.2) is 0 Å². The fourth-order valence-corrected chi connectivity index (χ4v) is 11.4. The molecule has 334 valence electrons. The number of hydrogen-bond acceptors (Lipinski definition) is 9. The summed E-state index contributed by atoms with van der Waals surface area (Å²) in [6.45, 7) is 23.8. The number of likely N-dealkylation sites (tertiary alicyclic amines) is 5. The maximum atomic E-state index is 12.3. The molecule has 5 saturated heterocycles. The highest BCUT2D eigenvalue weighted by Gasteiger charge is 2.37. The Bertz CT molecular complexity index is 1710. The molecule has 5 heterocycles. The van der Waals surface area contributed by atoms with E-state index in [9.17, 15) is 15.3 Å². The molecule has 0 unspecified atom stereocenters. The van der Waals surface area contributed by atoms with Crippen molar-refractivity contribution in [2.45, 2.75) is 143 Å². The lowest BCUT2D eigenvalue weighted by molar-refractivity contribution is 0.217. The molecule has 0 aromatic heterocycles. The van der Waals surface area contributed by atoms with Gasteiger partial charge in [-0.05, 0) is 209 Å². The highest BCUT2D eigenvalue weighted by Crippen LogP contribution is 2.46. The molecule has 0 aliphatic carbocycles. The second-order valence-corrected chi connectivity index (χ2v) is 19.7. The minimum Gasteiger partial charge on any atom is -0.507 e. The third-order valence-electron chi connectivity index (χ3n) is 15.1. The molecule has 0 atom stereocenters. The fraction of sp³-hybridized carbons (Fsp3) is 0.654. The molecule has 3 aromatic rings. The van der Waals surface area contributed by atoms with Gasteiger partial charge < -0.3 is 15.3 Å². The summed E-state index contributed by atoms with van der Waals surface area (Å²) in [5.74, 6) is 1.35. The maximum Gasteiger partial charge on any atom is 0.124 e. The van der Waals surface area contributed by atoms with E-state index < -0.39 is 5.41 Å². The third-order valence-corrected chi connectivity index (χ3v) is 15.1. The van der Waals surface area contributed by atoms with Gasteiger partial charge in [0.2, 0.25) is 0 Å². The first kappa shape index (κ1) is 44.4. The Balaban J connectivity index is 1.35. The van der Waals surface area contributed by atoms with Gasteiger partial charge >= 0.3 is 0 Å². The summed E-state index contributed by atoms with van der Waals surface area (Å²) in [4.78, 5) is 15.1. The monoisotopic (exact) mass is 835 g/mol. The highest BCUT2D eigenvalue weighted by atomic mass is 16.3. The minimum atomic E-state index is -0.665. The first-order chi connectivity index (χ1) is 29.7. The molecule has 61 heavy (non-hydrogen) atoms. The van der Waals surface area contributed by atoms with Gasteiger partial charge in [0.15, 0.2) is 0 Å². The van der Waals surface area contributed by atoms with Crippen molar-refractivity contribution in [3.8, 4) is 17.2 Å². The van der Waals surface area contributed by atoms with E-state index in [-0.39, 0.29) is 0 Å². The Morgan fingerprint density at radius 3 is 0.967 bits per heavy atom. The Hall–Kier alpha value is -3.18. The van der Waals surface area contributed by atoms with Crippen molar-refractivity contribution >= 4 is 0 Å². The fourth-order valence-electron chi connectivity index (χ4n) is 11.4. The standard InChI is InChI=1S/C52H78N6O3/c1-4-17-53(5-2)34-40-28-46(29-41(49(40)59)35-54-18-7-6-8-19-54)52(3,47-30-42(36-55-20-9-10-21-55)50(60)43(31-47)37-56-22-11-12-23-56)48-32-44(38-57-24-13-14-25-57)51(61)45(33-48)39-58-26-15-16-27-58/h28-33,59-61H,4-27,34-39H2,1-3H3. The molecular formula is C52H78N6O3. The molecular weight excluding hydrogens is 757 g/mol. The lowest BCUT2D eigenvalue weighted by Crippen LogP contribution is -2.31. The van der Waals surface area contributed by atoms with Crippen LogP contribution < -0.4 is 0 Å². The van der Waals surface area contributed by atoms with Crippen molar-refractivity contribution in [1.29, 1.82) is 0 Å². The van der Waals surface area contributed by atoms with Gasteiger partial charge in [-0.15, -0.1) is 0 Å². The number of phenolic OH excluding ortho intramolecular Hbond substituents is 3. The molecule has 5 fully saturated rings. The van der Waals surface area contributed by atoms with E-state index in [1.165, 1.54) is 87.3 Å². The summed E-state index contributed by atoms with van der Waals surface area (Å²) in [7, 11) is 0. The molecule has 0 spiro atoms. The predicted molar refractivity (Wildman–Crippen MR) is 248 cm³/mol. The largest absolute Gasteiger partial charge is 0.507 e. The highest BCUT2D eigenvalue weighted by molar-refractivity contribution is 5.60. The van der Waals surface area contributed by atoms with E-state index >= 15 is 0 Å². The van der Waals surface area contributed by atoms with Crippen LogP contribution in [0.1, 0.15) is 148 Å². The second-order valence-electron chi connectivity index (χ2n) is 19.7. The van der Waals surface area contributed by atoms with E-state index in [1.54, 1.807) is 0 Å². The van der Waals surface area contributed by atoms with Crippen LogP contribution in [0.25, 0.3) is 0 Å². The molecule has 0 saturated carbocycles. The molecule has 3 N–H and O–H groups in total. The molecule has 9 nitrogen and oxygen atoms in total. The van der Waals surface area contributed by atoms with Gasteiger partial charge in [-0.2, -0.15) is 0 Å². The summed E-state index contributed by atoms with van der Waals surface area (Å²) < 4.78 is 0. The SMILES string of the molecule is CCCN(CC)Cc1cc(C(C)(c2cc(CN3CCCC3)c(O)c(CN3CCCC3)c2)c2cc(CN3CCCC3)c(O)c(CN3CCCC3)c2)cc(CN2CCCCC2)c1O. The molecule has 5 aliphatic heterocycles. The molecule has 9 heteroatoms. The number of nitrogens with zero attached hydrogens (tertiary/aromatic N) is 6. The average molecular weight is 835 g/mol. The zero-order valence-corrected chi connectivity index (χ0v) is 38.2. The molecule has 5 aliphatic rings. The summed E-state index contributed by atoms with van der Waals surface area (Å²) >= 11 is 0. The van der Waals surface area contributed by atoms with Crippen LogP contribution in [-0.4, -0.2) is 123 Å². The van der Waals surface area contributed by atoms with Gasteiger partial charge in [0.1, 0.15) is 17.2 Å². The van der Waals surface area contributed by atoms with Gasteiger partial charge in [0.05, 0.1) is 0 Å². The van der Waals surface area contributed by atoms with E-state index in [0.29, 0.717) is 23.8 Å². The average Bonchev–Trinajstić information content (AvgIpc) is 4.13. The van der Waals surface area contributed by atoms with Crippen LogP contribution in [0.2, 0.25) is 0 Å². The second kappa shape index (κ2) is 20.5. The summed E-state index contributed by atoms with van der Waals surface area (Å²) in [6.07, 6.45) is 14.4. The van der Waals surface area contributed by atoms with Crippen LogP contribution in [-0.2, 0) is 44.7 Å². The molecule has 0 bridgehead atoms. The third kappa shape index (κ3) is 10.5. The molecule has 8 rings (SSSR count). The quantitative estimate of drug-likeness (QED) is 0.109. The Labute approximate surface area is 368 Å². The van der Waals surface area contributed by atoms with Crippen molar-refractivity contribution in [2.24, 2.45) is 0 Å². The van der Waals surface area contributed by atoms with Crippen LogP contribution in [0.4, 0.5) is 0 Å². The number of benzene rings is 3. The van der Waals surface area contributed by atoms with Crippen molar-refractivity contribution in [1.82, 2.24) is 29.4 Å². The zero-order valence-electron chi connectivity index (χ0n) is 38.2. The van der Waals surface area contributed by atoms with Crippen LogP contribution in [0.15, 0.2) is 36.4 Å². The predicted octanol–water partition coefficient (Wildman–Crippen LogP) is 8.76. The van der Waals surface area contributed by atoms with E-state index in [4.69, 9.17) is 0 Å². The van der Waals surface area contributed by atoms with E-state index in [0.717, 1.165) is 151 Å². The summed E-state index contributed by atoms with van der Waals surface area (Å²) in [5, 5.41) is 36.8. The lowest BCUT2D eigenvalue weighted by atomic mass is 9.68. The van der Waals surface area contributed by atoms with E-state index in [1.807, 2.05) is 0 Å². The number of aromatic hydroxyl groups is 3. The number of rotatable bonds is 18. The van der Waals surface area contributed by atoms with Crippen molar-refractivity contribution < 1.29 is 15.3 Å². The normalized spacial score (nSPS) is 20.3. The van der Waals surface area contributed by atoms with Gasteiger partial charge in [-0.3, -0.25) is 29.4 Å². The Morgan fingerprint density at radius 2 is 0.689 bits per heavy atom. The number of hydrogen-bond donors (Lipinski definition) is 3. The maximum absolute atomic E-state index is 12.3. The van der Waals surface area contributed by atoms with Crippen LogP contribution in [0.5, 0.6) is 17.2 Å². The smallest absolute Gasteiger partial charge is 0.124 e. The van der Waals surface area contributed by atoms with Crippen LogP contribution in [0.3, 0.4) is 0 Å². The van der Waals surface area contributed by atoms with Crippen molar-refractivity contribution in [3.05, 3.63) is 86.5 Å². The van der Waals surface area contributed by atoms with Gasteiger partial charge in [-0.1, -0.05) is 20.3 Å². The number of piperidine rings is 1. The lowest BCUT2D eigenvalue weighted by Gasteiger charge is -2.36. The minimum absolute atomic E-state index is 0.441. The summed E-state index contributed by atoms with van der Waals surface area (Å²) in [5.41, 5.74) is 8.93. The first-order valence-corrected chi connectivity index (χ1v) is 24.6. The first-order valence-electron chi connectivity index (χ1n) is 24.6. The molecule has 3 aromatic carbocycles. The molecule has 0 amide bonds. The van der Waals surface area contributed by atoms with Crippen LogP contribution in [0, 0.1) is 0 Å². The zero-order chi connectivity index (χ0) is 42.3. The Kier molecular flexibility index (Phi) is 15.0. The van der Waals surface area contributed by atoms with Crippen molar-refractivity contribution in [3.63, 3.8) is 0 Å². The summed E-state index contributed by atoms with van der Waals surface area (Å²) in [6, 6.07) is 14.0. The topological polar surface area (TPSA) is 80.1 Å². The van der Waals surface area contributed by atoms with E-state index in [2.05, 4.69) is 86.6 Å².